The van der Waals surface area contributed by atoms with Crippen LogP contribution < -0.4 is 4.90 Å². The smallest absolute Gasteiger partial charge is 0.227 e. The van der Waals surface area contributed by atoms with E-state index in [1.54, 1.807) is 30.6 Å². The first-order valence-electron chi connectivity index (χ1n) is 8.48. The van der Waals surface area contributed by atoms with E-state index in [-0.39, 0.29) is 11.7 Å². The summed E-state index contributed by atoms with van der Waals surface area (Å²) in [6.07, 6.45) is 4.51. The Bertz CT molecular complexity index is 973. The van der Waals surface area contributed by atoms with Gasteiger partial charge in [-0.05, 0) is 41.8 Å². The van der Waals surface area contributed by atoms with Crippen molar-refractivity contribution in [1.29, 1.82) is 0 Å². The Morgan fingerprint density at radius 1 is 1.00 bits per heavy atom. The van der Waals surface area contributed by atoms with Crippen molar-refractivity contribution in [2.75, 3.05) is 11.4 Å². The maximum atomic E-state index is 14.6. The number of aromatic nitrogens is 1. The van der Waals surface area contributed by atoms with Crippen molar-refractivity contribution >= 4 is 11.6 Å². The lowest BCUT2D eigenvalue weighted by atomic mass is 9.97. The van der Waals surface area contributed by atoms with Gasteiger partial charge in [0.2, 0.25) is 5.91 Å². The van der Waals surface area contributed by atoms with Crippen molar-refractivity contribution in [2.24, 2.45) is 0 Å². The normalized spacial score (nSPS) is 14.0. The van der Waals surface area contributed by atoms with E-state index in [0.717, 1.165) is 12.0 Å². The second-order valence-electron chi connectivity index (χ2n) is 6.25. The highest BCUT2D eigenvalue weighted by Gasteiger charge is 2.24. The lowest BCUT2D eigenvalue weighted by molar-refractivity contribution is -0.117. The summed E-state index contributed by atoms with van der Waals surface area (Å²) in [5.74, 6) is -0.436. The number of carbonyl (C=O) groups is 1. The average molecular weight is 348 g/mol. The molecule has 0 bridgehead atoms. The topological polar surface area (TPSA) is 53.4 Å². The minimum Gasteiger partial charge on any atom is -0.507 e. The first-order chi connectivity index (χ1) is 12.6. The van der Waals surface area contributed by atoms with Crippen LogP contribution in [0.3, 0.4) is 0 Å². The molecule has 1 amide bonds. The standard InChI is InChI=1S/C21H17FN2O2/c22-18-13-15(6-7-19(18)24-12-2-5-20(24)25)17-4-1-3-16(21(17)26)14-8-10-23-11-9-14/h1,3-4,6-11,13,26H,2,5,12H2. The minimum absolute atomic E-state index is 0.0563. The molecule has 0 spiro atoms. The van der Waals surface area contributed by atoms with Gasteiger partial charge in [-0.15, -0.1) is 0 Å². The summed E-state index contributed by atoms with van der Waals surface area (Å²) < 4.78 is 14.6. The fourth-order valence-corrected chi connectivity index (χ4v) is 3.34. The summed E-state index contributed by atoms with van der Waals surface area (Å²) in [5.41, 5.74) is 2.88. The van der Waals surface area contributed by atoms with Crippen molar-refractivity contribution < 1.29 is 14.3 Å². The predicted molar refractivity (Wildman–Crippen MR) is 98.3 cm³/mol. The van der Waals surface area contributed by atoms with Crippen LogP contribution in [0.15, 0.2) is 60.9 Å². The zero-order valence-corrected chi connectivity index (χ0v) is 14.0. The summed E-state index contributed by atoms with van der Waals surface area (Å²) in [4.78, 5) is 17.3. The summed E-state index contributed by atoms with van der Waals surface area (Å²) in [5, 5.41) is 10.7. The molecule has 0 atom stereocenters. The van der Waals surface area contributed by atoms with Gasteiger partial charge in [-0.2, -0.15) is 0 Å². The predicted octanol–water partition coefficient (Wildman–Crippen LogP) is 4.39. The van der Waals surface area contributed by atoms with Crippen molar-refractivity contribution in [2.45, 2.75) is 12.8 Å². The van der Waals surface area contributed by atoms with E-state index in [4.69, 9.17) is 0 Å². The lowest BCUT2D eigenvalue weighted by Gasteiger charge is -2.17. The summed E-state index contributed by atoms with van der Waals surface area (Å²) in [7, 11) is 0. The van der Waals surface area contributed by atoms with Gasteiger partial charge in [-0.25, -0.2) is 4.39 Å². The first-order valence-corrected chi connectivity index (χ1v) is 8.48. The van der Waals surface area contributed by atoms with E-state index in [9.17, 15) is 14.3 Å². The van der Waals surface area contributed by atoms with E-state index in [2.05, 4.69) is 4.98 Å². The maximum absolute atomic E-state index is 14.6. The Labute approximate surface area is 150 Å². The van der Waals surface area contributed by atoms with Crippen molar-refractivity contribution in [1.82, 2.24) is 4.98 Å². The Hall–Kier alpha value is -3.21. The van der Waals surface area contributed by atoms with Crippen LogP contribution in [0.4, 0.5) is 10.1 Å². The van der Waals surface area contributed by atoms with E-state index >= 15 is 0 Å². The molecule has 0 unspecified atom stereocenters. The Morgan fingerprint density at radius 2 is 1.73 bits per heavy atom. The third-order valence-electron chi connectivity index (χ3n) is 4.65. The maximum Gasteiger partial charge on any atom is 0.227 e. The Balaban J connectivity index is 1.75. The van der Waals surface area contributed by atoms with Gasteiger partial charge in [0, 0.05) is 36.5 Å². The molecule has 1 N–H and O–H groups in total. The molecule has 5 heteroatoms. The molecule has 4 rings (SSSR count). The molecule has 26 heavy (non-hydrogen) atoms. The highest BCUT2D eigenvalue weighted by molar-refractivity contribution is 5.95. The van der Waals surface area contributed by atoms with Gasteiger partial charge in [-0.3, -0.25) is 9.78 Å². The highest BCUT2D eigenvalue weighted by atomic mass is 19.1. The molecule has 1 aromatic heterocycles. The summed E-state index contributed by atoms with van der Waals surface area (Å²) in [6, 6.07) is 13.7. The Morgan fingerprint density at radius 3 is 2.38 bits per heavy atom. The number of benzene rings is 2. The fraction of sp³-hybridized carbons (Fsp3) is 0.143. The molecule has 4 nitrogen and oxygen atoms in total. The molecule has 1 fully saturated rings. The van der Waals surface area contributed by atoms with Crippen LogP contribution >= 0.6 is 0 Å². The number of carbonyl (C=O) groups excluding carboxylic acids is 1. The van der Waals surface area contributed by atoms with Gasteiger partial charge < -0.3 is 10.0 Å². The SMILES string of the molecule is O=C1CCCN1c1ccc(-c2cccc(-c3ccncc3)c2O)cc1F. The lowest BCUT2D eigenvalue weighted by Crippen LogP contribution is -2.24. The van der Waals surface area contributed by atoms with E-state index in [1.807, 2.05) is 24.3 Å². The van der Waals surface area contributed by atoms with Crippen molar-refractivity contribution in [3.05, 3.63) is 66.7 Å². The van der Waals surface area contributed by atoms with E-state index in [0.29, 0.717) is 35.3 Å². The van der Waals surface area contributed by atoms with Crippen LogP contribution in [0.2, 0.25) is 0 Å². The van der Waals surface area contributed by atoms with Crippen LogP contribution in [0.25, 0.3) is 22.3 Å². The van der Waals surface area contributed by atoms with Gasteiger partial charge >= 0.3 is 0 Å². The summed E-state index contributed by atoms with van der Waals surface area (Å²) >= 11 is 0. The number of rotatable bonds is 3. The first kappa shape index (κ1) is 16.3. The van der Waals surface area contributed by atoms with Crippen molar-refractivity contribution in [3.8, 4) is 28.0 Å². The van der Waals surface area contributed by atoms with Crippen LogP contribution in [0.5, 0.6) is 5.75 Å². The highest BCUT2D eigenvalue weighted by Crippen LogP contribution is 2.39. The van der Waals surface area contributed by atoms with Crippen molar-refractivity contribution in [3.63, 3.8) is 0 Å². The monoisotopic (exact) mass is 348 g/mol. The fourth-order valence-electron chi connectivity index (χ4n) is 3.34. The number of pyridine rings is 1. The second kappa shape index (κ2) is 6.59. The number of phenols is 1. The number of para-hydroxylation sites is 1. The second-order valence-corrected chi connectivity index (χ2v) is 6.25. The molecular formula is C21H17FN2O2. The van der Waals surface area contributed by atoms with Gasteiger partial charge in [0.25, 0.3) is 0 Å². The van der Waals surface area contributed by atoms with Crippen LogP contribution in [-0.2, 0) is 4.79 Å². The Kier molecular flexibility index (Phi) is 4.13. The van der Waals surface area contributed by atoms with Crippen LogP contribution in [0.1, 0.15) is 12.8 Å². The zero-order chi connectivity index (χ0) is 18.1. The minimum atomic E-state index is -0.466. The number of aromatic hydroxyl groups is 1. The average Bonchev–Trinajstić information content (AvgIpc) is 3.08. The van der Waals surface area contributed by atoms with Gasteiger partial charge in [0.15, 0.2) is 0 Å². The quantitative estimate of drug-likeness (QED) is 0.764. The zero-order valence-electron chi connectivity index (χ0n) is 14.0. The molecule has 1 aliphatic rings. The third-order valence-corrected chi connectivity index (χ3v) is 4.65. The molecule has 2 aromatic carbocycles. The van der Waals surface area contributed by atoms with Gasteiger partial charge in [-0.1, -0.05) is 24.3 Å². The molecular weight excluding hydrogens is 331 g/mol. The van der Waals surface area contributed by atoms with E-state index in [1.165, 1.54) is 11.0 Å². The number of phenolic OH excluding ortho intramolecular Hbond substituents is 1. The van der Waals surface area contributed by atoms with Gasteiger partial charge in [0.1, 0.15) is 11.6 Å². The number of hydrogen-bond donors (Lipinski definition) is 1. The molecule has 1 aliphatic heterocycles. The molecule has 3 aromatic rings. The number of anilines is 1. The molecule has 130 valence electrons. The third kappa shape index (κ3) is 2.81. The van der Waals surface area contributed by atoms with Crippen LogP contribution in [0, 0.1) is 5.82 Å². The summed E-state index contributed by atoms with van der Waals surface area (Å²) in [6.45, 7) is 0.540. The molecule has 2 heterocycles. The van der Waals surface area contributed by atoms with Crippen LogP contribution in [-0.4, -0.2) is 22.5 Å². The number of nitrogens with zero attached hydrogens (tertiary/aromatic N) is 2. The molecule has 0 saturated carbocycles. The number of halogens is 1. The number of amides is 1. The molecule has 0 aliphatic carbocycles. The molecule has 0 radical (unpaired) electrons. The number of hydrogen-bond acceptors (Lipinski definition) is 3. The van der Waals surface area contributed by atoms with E-state index < -0.39 is 5.82 Å². The largest absolute Gasteiger partial charge is 0.507 e. The molecule has 1 saturated heterocycles. The van der Waals surface area contributed by atoms with Gasteiger partial charge in [0.05, 0.1) is 5.69 Å².